The molecule has 2 unspecified atom stereocenters. The monoisotopic (exact) mass is 270 g/mol. The summed E-state index contributed by atoms with van der Waals surface area (Å²) in [7, 11) is 0. The molecule has 1 N–H and O–H groups in total. The van der Waals surface area contributed by atoms with Crippen LogP contribution in [0.3, 0.4) is 0 Å². The van der Waals surface area contributed by atoms with E-state index in [4.69, 9.17) is 4.42 Å². The van der Waals surface area contributed by atoms with E-state index in [-0.39, 0.29) is 5.91 Å². The van der Waals surface area contributed by atoms with Crippen LogP contribution in [0.1, 0.15) is 23.2 Å². The molecule has 1 aromatic carbocycles. The summed E-state index contributed by atoms with van der Waals surface area (Å²) in [6.45, 7) is 2.77. The lowest BCUT2D eigenvalue weighted by Crippen LogP contribution is -2.41. The van der Waals surface area contributed by atoms with E-state index in [0.29, 0.717) is 17.5 Å². The second-order valence-electron chi connectivity index (χ2n) is 5.82. The van der Waals surface area contributed by atoms with Crippen molar-refractivity contribution in [2.75, 3.05) is 19.6 Å². The van der Waals surface area contributed by atoms with Gasteiger partial charge >= 0.3 is 0 Å². The van der Waals surface area contributed by atoms with Crippen molar-refractivity contribution in [1.82, 2.24) is 10.2 Å². The van der Waals surface area contributed by atoms with Gasteiger partial charge < -0.3 is 14.6 Å². The largest absolute Gasteiger partial charge is 0.463 e. The van der Waals surface area contributed by atoms with Crippen molar-refractivity contribution >= 4 is 16.9 Å². The van der Waals surface area contributed by atoms with E-state index in [1.807, 2.05) is 29.2 Å². The Bertz CT molecular complexity index is 635. The summed E-state index contributed by atoms with van der Waals surface area (Å²) in [6, 6.07) is 8.20. The van der Waals surface area contributed by atoms with Crippen molar-refractivity contribution in [1.29, 1.82) is 0 Å². The van der Waals surface area contributed by atoms with E-state index in [2.05, 4.69) is 5.32 Å². The van der Waals surface area contributed by atoms with Crippen LogP contribution in [0.5, 0.6) is 0 Å². The molecule has 4 heteroatoms. The molecule has 0 bridgehead atoms. The number of para-hydroxylation sites is 1. The number of likely N-dealkylation sites (tertiary alicyclic amines) is 1. The van der Waals surface area contributed by atoms with Gasteiger partial charge in [0.25, 0.3) is 5.91 Å². The van der Waals surface area contributed by atoms with E-state index in [0.717, 1.165) is 30.6 Å². The molecule has 2 atom stereocenters. The first-order valence-electron chi connectivity index (χ1n) is 7.32. The smallest absolute Gasteiger partial charge is 0.257 e. The minimum Gasteiger partial charge on any atom is -0.463 e. The number of hydrogen-bond donors (Lipinski definition) is 1. The Labute approximate surface area is 117 Å². The lowest BCUT2D eigenvalue weighted by molar-refractivity contribution is 0.0786. The third kappa shape index (κ3) is 1.83. The first-order valence-corrected chi connectivity index (χ1v) is 7.32. The van der Waals surface area contributed by atoms with Crippen LogP contribution >= 0.6 is 0 Å². The summed E-state index contributed by atoms with van der Waals surface area (Å²) >= 11 is 0. The molecule has 2 aliphatic heterocycles. The second-order valence-corrected chi connectivity index (χ2v) is 5.82. The minimum absolute atomic E-state index is 0.103. The van der Waals surface area contributed by atoms with Crippen molar-refractivity contribution in [3.63, 3.8) is 0 Å². The van der Waals surface area contributed by atoms with Gasteiger partial charge in [0.05, 0.1) is 5.56 Å². The number of carbonyl (C=O) groups is 1. The molecule has 104 valence electrons. The molecule has 0 radical (unpaired) electrons. The van der Waals surface area contributed by atoms with Crippen LogP contribution in [0.25, 0.3) is 11.0 Å². The first kappa shape index (κ1) is 12.0. The Morgan fingerprint density at radius 2 is 2.20 bits per heavy atom. The van der Waals surface area contributed by atoms with Crippen LogP contribution in [0.2, 0.25) is 0 Å². The number of nitrogens with zero attached hydrogens (tertiary/aromatic N) is 1. The maximum Gasteiger partial charge on any atom is 0.257 e. The molecule has 3 heterocycles. The first-order chi connectivity index (χ1) is 9.83. The highest BCUT2D eigenvalue weighted by Crippen LogP contribution is 2.28. The van der Waals surface area contributed by atoms with Gasteiger partial charge in [-0.2, -0.15) is 0 Å². The molecule has 0 saturated carbocycles. The van der Waals surface area contributed by atoms with Gasteiger partial charge in [0.15, 0.2) is 0 Å². The molecule has 20 heavy (non-hydrogen) atoms. The number of benzene rings is 1. The van der Waals surface area contributed by atoms with Crippen LogP contribution in [0.4, 0.5) is 0 Å². The highest BCUT2D eigenvalue weighted by atomic mass is 16.3. The number of rotatable bonds is 1. The van der Waals surface area contributed by atoms with Crippen molar-refractivity contribution in [2.24, 2.45) is 5.92 Å². The molecular formula is C16H18N2O2. The van der Waals surface area contributed by atoms with Crippen LogP contribution in [0.15, 0.2) is 34.9 Å². The Morgan fingerprint density at radius 3 is 3.10 bits per heavy atom. The number of fused-ring (bicyclic) bond motifs is 2. The summed E-state index contributed by atoms with van der Waals surface area (Å²) in [5.74, 6) is 0.719. The Balaban J connectivity index is 1.61. The zero-order valence-corrected chi connectivity index (χ0v) is 11.3. The highest BCUT2D eigenvalue weighted by molar-refractivity contribution is 6.06. The molecule has 4 rings (SSSR count). The summed E-state index contributed by atoms with van der Waals surface area (Å²) in [4.78, 5) is 14.7. The maximum atomic E-state index is 12.7. The number of nitrogens with one attached hydrogen (secondary N) is 1. The van der Waals surface area contributed by atoms with Crippen LogP contribution in [-0.4, -0.2) is 36.5 Å². The predicted octanol–water partition coefficient (Wildman–Crippen LogP) is 2.26. The highest BCUT2D eigenvalue weighted by Gasteiger charge is 2.37. The Kier molecular flexibility index (Phi) is 2.77. The fourth-order valence-electron chi connectivity index (χ4n) is 3.53. The fourth-order valence-corrected chi connectivity index (χ4v) is 3.53. The standard InChI is InChI=1S/C16H18N2O2/c19-16(13-10-20-15-6-2-1-5-12(13)15)18-8-11-4-3-7-17-14(11)9-18/h1-2,5-6,10-11,14,17H,3-4,7-9H2. The number of carbonyl (C=O) groups excluding carboxylic acids is 1. The summed E-state index contributed by atoms with van der Waals surface area (Å²) in [5.41, 5.74) is 1.48. The molecule has 2 saturated heterocycles. The summed E-state index contributed by atoms with van der Waals surface area (Å²) < 4.78 is 5.49. The van der Waals surface area contributed by atoms with Gasteiger partial charge in [-0.3, -0.25) is 4.79 Å². The number of amides is 1. The zero-order valence-electron chi connectivity index (χ0n) is 11.3. The van der Waals surface area contributed by atoms with Gasteiger partial charge in [0, 0.05) is 24.5 Å². The van der Waals surface area contributed by atoms with Crippen LogP contribution in [0, 0.1) is 5.92 Å². The molecule has 2 aliphatic rings. The number of hydrogen-bond acceptors (Lipinski definition) is 3. The van der Waals surface area contributed by atoms with Gasteiger partial charge in [-0.25, -0.2) is 0 Å². The fraction of sp³-hybridized carbons (Fsp3) is 0.438. The van der Waals surface area contributed by atoms with E-state index in [1.54, 1.807) is 6.26 Å². The van der Waals surface area contributed by atoms with E-state index >= 15 is 0 Å². The summed E-state index contributed by atoms with van der Waals surface area (Å²) in [5, 5.41) is 4.45. The molecule has 2 fully saturated rings. The van der Waals surface area contributed by atoms with Crippen LogP contribution in [-0.2, 0) is 0 Å². The van der Waals surface area contributed by atoms with Crippen LogP contribution < -0.4 is 5.32 Å². The molecule has 1 amide bonds. The topological polar surface area (TPSA) is 45.5 Å². The van der Waals surface area contributed by atoms with E-state index in [9.17, 15) is 4.79 Å². The average Bonchev–Trinajstić information content (AvgIpc) is 3.10. The average molecular weight is 270 g/mol. The van der Waals surface area contributed by atoms with Gasteiger partial charge in [-0.1, -0.05) is 18.2 Å². The zero-order chi connectivity index (χ0) is 13.5. The van der Waals surface area contributed by atoms with Crippen molar-refractivity contribution in [2.45, 2.75) is 18.9 Å². The Hall–Kier alpha value is -1.81. The second kappa shape index (κ2) is 4.63. The number of piperidine rings is 1. The van der Waals surface area contributed by atoms with E-state index in [1.165, 1.54) is 12.8 Å². The van der Waals surface area contributed by atoms with Gasteiger partial charge in [0.1, 0.15) is 11.8 Å². The Morgan fingerprint density at radius 1 is 1.30 bits per heavy atom. The normalized spacial score (nSPS) is 25.9. The lowest BCUT2D eigenvalue weighted by Gasteiger charge is -2.24. The van der Waals surface area contributed by atoms with Crippen molar-refractivity contribution < 1.29 is 9.21 Å². The van der Waals surface area contributed by atoms with Crippen molar-refractivity contribution in [3.8, 4) is 0 Å². The lowest BCUT2D eigenvalue weighted by atomic mass is 9.94. The molecular weight excluding hydrogens is 252 g/mol. The van der Waals surface area contributed by atoms with Crippen molar-refractivity contribution in [3.05, 3.63) is 36.1 Å². The van der Waals surface area contributed by atoms with Gasteiger partial charge in [-0.15, -0.1) is 0 Å². The van der Waals surface area contributed by atoms with Gasteiger partial charge in [0.2, 0.25) is 0 Å². The molecule has 2 aromatic rings. The van der Waals surface area contributed by atoms with E-state index < -0.39 is 0 Å². The minimum atomic E-state index is 0.103. The predicted molar refractivity (Wildman–Crippen MR) is 76.6 cm³/mol. The molecule has 1 aromatic heterocycles. The molecule has 4 nitrogen and oxygen atoms in total. The summed E-state index contributed by atoms with van der Waals surface area (Å²) in [6.07, 6.45) is 4.05. The molecule has 0 aliphatic carbocycles. The quantitative estimate of drug-likeness (QED) is 0.864. The number of furan rings is 1. The molecule has 0 spiro atoms. The maximum absolute atomic E-state index is 12.7. The third-order valence-corrected chi connectivity index (χ3v) is 4.60. The van der Waals surface area contributed by atoms with Gasteiger partial charge in [-0.05, 0) is 31.4 Å². The third-order valence-electron chi connectivity index (χ3n) is 4.60. The SMILES string of the molecule is O=C(c1coc2ccccc12)N1CC2CCCNC2C1.